The van der Waals surface area contributed by atoms with E-state index in [-0.39, 0.29) is 6.61 Å². The molecule has 0 saturated heterocycles. The zero-order chi connectivity index (χ0) is 12.2. The lowest BCUT2D eigenvalue weighted by atomic mass is 10.2. The van der Waals surface area contributed by atoms with Crippen LogP contribution in [0.15, 0.2) is 37.1 Å². The van der Waals surface area contributed by atoms with Crippen molar-refractivity contribution in [2.75, 3.05) is 13.2 Å². The average molecular weight is 224 g/mol. The van der Waals surface area contributed by atoms with Gasteiger partial charge in [0, 0.05) is 12.5 Å². The molecule has 3 heteroatoms. The Morgan fingerprint density at radius 2 is 1.94 bits per heavy atom. The molecule has 0 aliphatic heterocycles. The Bertz CT molecular complexity index is 254. The number of hydrogen-bond acceptors (Lipinski definition) is 3. The van der Waals surface area contributed by atoms with Crippen LogP contribution in [0.3, 0.4) is 0 Å². The van der Waals surface area contributed by atoms with Crippen molar-refractivity contribution in [2.24, 2.45) is 0 Å². The van der Waals surface area contributed by atoms with Gasteiger partial charge in [-0.15, -0.1) is 6.58 Å². The number of carbonyl (C=O) groups excluding carboxylic acids is 1. The normalized spacial score (nSPS) is 10.7. The van der Waals surface area contributed by atoms with Gasteiger partial charge in [0.15, 0.2) is 0 Å². The quantitative estimate of drug-likeness (QED) is 0.198. The highest BCUT2D eigenvalue weighted by molar-refractivity contribution is 5.81. The smallest absolute Gasteiger partial charge is 0.330 e. The first-order valence-corrected chi connectivity index (χ1v) is 5.46. The Labute approximate surface area is 97.4 Å². The van der Waals surface area contributed by atoms with Crippen LogP contribution in [0, 0.1) is 0 Å². The Morgan fingerprint density at radius 1 is 1.25 bits per heavy atom. The third kappa shape index (κ3) is 7.85. The summed E-state index contributed by atoms with van der Waals surface area (Å²) in [7, 11) is 0. The standard InChI is InChI=1S/C13H20O3/c1-4-7-9-12(8-5-2)15-10-11-16-13(14)6-3/h4,6,9H,1,3,5,7-8,10-11H2,2H3/b12-9+. The molecule has 0 N–H and O–H groups in total. The molecule has 0 fully saturated rings. The van der Waals surface area contributed by atoms with E-state index in [1.54, 1.807) is 0 Å². The average Bonchev–Trinajstić information content (AvgIpc) is 2.30. The Hall–Kier alpha value is -1.51. The Balaban J connectivity index is 3.79. The van der Waals surface area contributed by atoms with Gasteiger partial charge in [0.1, 0.15) is 13.2 Å². The fourth-order valence-electron chi connectivity index (χ4n) is 1.07. The van der Waals surface area contributed by atoms with Crippen molar-refractivity contribution in [3.05, 3.63) is 37.1 Å². The molecule has 0 radical (unpaired) electrons. The van der Waals surface area contributed by atoms with Crippen molar-refractivity contribution >= 4 is 5.97 Å². The van der Waals surface area contributed by atoms with Crippen LogP contribution in [0.1, 0.15) is 26.2 Å². The highest BCUT2D eigenvalue weighted by Crippen LogP contribution is 2.07. The second kappa shape index (κ2) is 10.0. The molecule has 0 bridgehead atoms. The maximum Gasteiger partial charge on any atom is 0.330 e. The van der Waals surface area contributed by atoms with Crippen LogP contribution in [0.5, 0.6) is 0 Å². The molecule has 0 aliphatic rings. The van der Waals surface area contributed by atoms with E-state index < -0.39 is 5.97 Å². The Kier molecular flexibility index (Phi) is 9.08. The SMILES string of the molecule is C=CC/C=C(\CCC)OCCOC(=O)C=C. The summed E-state index contributed by atoms with van der Waals surface area (Å²) in [6.07, 6.45) is 7.66. The second-order valence-electron chi connectivity index (χ2n) is 3.16. The molecule has 0 saturated carbocycles. The van der Waals surface area contributed by atoms with E-state index in [2.05, 4.69) is 20.1 Å². The highest BCUT2D eigenvalue weighted by atomic mass is 16.6. The summed E-state index contributed by atoms with van der Waals surface area (Å²) in [5, 5.41) is 0. The third-order valence-corrected chi connectivity index (χ3v) is 1.79. The van der Waals surface area contributed by atoms with E-state index in [1.807, 2.05) is 12.2 Å². The van der Waals surface area contributed by atoms with Gasteiger partial charge in [0.2, 0.25) is 0 Å². The van der Waals surface area contributed by atoms with Gasteiger partial charge in [-0.1, -0.05) is 19.6 Å². The first-order valence-electron chi connectivity index (χ1n) is 5.46. The molecule has 0 aromatic heterocycles. The van der Waals surface area contributed by atoms with Crippen molar-refractivity contribution in [2.45, 2.75) is 26.2 Å². The number of hydrogen-bond donors (Lipinski definition) is 0. The van der Waals surface area contributed by atoms with Gasteiger partial charge in [-0.2, -0.15) is 0 Å². The van der Waals surface area contributed by atoms with Crippen molar-refractivity contribution in [1.29, 1.82) is 0 Å². The van der Waals surface area contributed by atoms with Crippen LogP contribution in [0.2, 0.25) is 0 Å². The number of rotatable bonds is 9. The zero-order valence-corrected chi connectivity index (χ0v) is 9.91. The summed E-state index contributed by atoms with van der Waals surface area (Å²) in [5.41, 5.74) is 0. The van der Waals surface area contributed by atoms with Crippen LogP contribution >= 0.6 is 0 Å². The second-order valence-corrected chi connectivity index (χ2v) is 3.16. The summed E-state index contributed by atoms with van der Waals surface area (Å²) in [6.45, 7) is 9.66. The minimum Gasteiger partial charge on any atom is -0.495 e. The molecular weight excluding hydrogens is 204 g/mol. The summed E-state index contributed by atoms with van der Waals surface area (Å²) in [4.78, 5) is 10.7. The lowest BCUT2D eigenvalue weighted by molar-refractivity contribution is -0.138. The Morgan fingerprint density at radius 3 is 2.50 bits per heavy atom. The third-order valence-electron chi connectivity index (χ3n) is 1.79. The van der Waals surface area contributed by atoms with E-state index in [0.717, 1.165) is 31.1 Å². The summed E-state index contributed by atoms with van der Waals surface area (Å²) in [5.74, 6) is 0.507. The van der Waals surface area contributed by atoms with Gasteiger partial charge < -0.3 is 9.47 Å². The van der Waals surface area contributed by atoms with E-state index in [4.69, 9.17) is 9.47 Å². The predicted molar refractivity (Wildman–Crippen MR) is 64.9 cm³/mol. The van der Waals surface area contributed by atoms with Gasteiger partial charge in [0.05, 0.1) is 5.76 Å². The van der Waals surface area contributed by atoms with Crippen molar-refractivity contribution in [1.82, 2.24) is 0 Å². The van der Waals surface area contributed by atoms with E-state index in [1.165, 1.54) is 0 Å². The summed E-state index contributed by atoms with van der Waals surface area (Å²) < 4.78 is 10.3. The lowest BCUT2D eigenvalue weighted by Crippen LogP contribution is -2.08. The maximum atomic E-state index is 10.7. The summed E-state index contributed by atoms with van der Waals surface area (Å²) >= 11 is 0. The van der Waals surface area contributed by atoms with Crippen LogP contribution in [0.25, 0.3) is 0 Å². The van der Waals surface area contributed by atoms with Crippen LogP contribution < -0.4 is 0 Å². The first-order chi connectivity index (χ1) is 7.74. The predicted octanol–water partition coefficient (Wildman–Crippen LogP) is 2.99. The molecular formula is C13H20O3. The number of ether oxygens (including phenoxy) is 2. The minimum absolute atomic E-state index is 0.250. The first kappa shape index (κ1) is 14.5. The molecule has 0 aliphatic carbocycles. The summed E-state index contributed by atoms with van der Waals surface area (Å²) in [6, 6.07) is 0. The van der Waals surface area contributed by atoms with E-state index >= 15 is 0 Å². The van der Waals surface area contributed by atoms with Crippen LogP contribution in [-0.4, -0.2) is 19.2 Å². The number of esters is 1. The van der Waals surface area contributed by atoms with Crippen molar-refractivity contribution in [3.63, 3.8) is 0 Å². The van der Waals surface area contributed by atoms with Gasteiger partial charge in [0.25, 0.3) is 0 Å². The molecule has 0 aromatic carbocycles. The van der Waals surface area contributed by atoms with Gasteiger partial charge in [-0.05, 0) is 18.9 Å². The van der Waals surface area contributed by atoms with Gasteiger partial charge >= 0.3 is 5.97 Å². The molecule has 0 rings (SSSR count). The monoisotopic (exact) mass is 224 g/mol. The maximum absolute atomic E-state index is 10.7. The van der Waals surface area contributed by atoms with Crippen molar-refractivity contribution < 1.29 is 14.3 Å². The topological polar surface area (TPSA) is 35.5 Å². The molecule has 16 heavy (non-hydrogen) atoms. The number of allylic oxidation sites excluding steroid dienone is 3. The van der Waals surface area contributed by atoms with Crippen LogP contribution in [-0.2, 0) is 14.3 Å². The zero-order valence-electron chi connectivity index (χ0n) is 9.91. The molecule has 0 amide bonds. The van der Waals surface area contributed by atoms with E-state index in [9.17, 15) is 4.79 Å². The fraction of sp³-hybridized carbons (Fsp3) is 0.462. The lowest BCUT2D eigenvalue weighted by Gasteiger charge is -2.09. The molecule has 90 valence electrons. The molecule has 0 atom stereocenters. The molecule has 0 unspecified atom stereocenters. The van der Waals surface area contributed by atoms with Crippen molar-refractivity contribution in [3.8, 4) is 0 Å². The fourth-order valence-corrected chi connectivity index (χ4v) is 1.07. The number of carbonyl (C=O) groups is 1. The largest absolute Gasteiger partial charge is 0.495 e. The highest BCUT2D eigenvalue weighted by Gasteiger charge is 1.98. The van der Waals surface area contributed by atoms with Gasteiger partial charge in [-0.3, -0.25) is 0 Å². The minimum atomic E-state index is -0.421. The molecule has 3 nitrogen and oxygen atoms in total. The van der Waals surface area contributed by atoms with E-state index in [0.29, 0.717) is 6.61 Å². The molecule has 0 aromatic rings. The molecule has 0 spiro atoms. The van der Waals surface area contributed by atoms with Crippen LogP contribution in [0.4, 0.5) is 0 Å². The van der Waals surface area contributed by atoms with Gasteiger partial charge in [-0.25, -0.2) is 4.79 Å². The molecule has 0 heterocycles.